The number of hydrogen-bond donors (Lipinski definition) is 0. The molecule has 4 rings (SSSR count). The number of piperidine rings is 1. The van der Waals surface area contributed by atoms with Crippen molar-refractivity contribution < 1.29 is 4.74 Å². The van der Waals surface area contributed by atoms with Crippen LogP contribution in [0.3, 0.4) is 0 Å². The summed E-state index contributed by atoms with van der Waals surface area (Å²) in [5.41, 5.74) is 3.02. The Bertz CT molecular complexity index is 676. The molecule has 128 valence electrons. The van der Waals surface area contributed by atoms with Gasteiger partial charge in [0.25, 0.3) is 0 Å². The van der Waals surface area contributed by atoms with Crippen molar-refractivity contribution in [3.63, 3.8) is 0 Å². The molecule has 24 heavy (non-hydrogen) atoms. The lowest BCUT2D eigenvalue weighted by Crippen LogP contribution is -2.44. The molecule has 0 amide bonds. The molecule has 2 aliphatic heterocycles. The largest absolute Gasteiger partial charge is 0.487 e. The molecule has 1 aromatic carbocycles. The van der Waals surface area contributed by atoms with Crippen LogP contribution in [0, 0.1) is 0 Å². The zero-order valence-electron chi connectivity index (χ0n) is 14.4. The number of para-hydroxylation sites is 1. The first kappa shape index (κ1) is 16.0. The zero-order chi connectivity index (χ0) is 16.4. The number of nitrogens with zero attached hydrogens (tertiary/aromatic N) is 2. The number of ether oxygens (including phenoxy) is 1. The molecule has 0 atom stereocenters. The summed E-state index contributed by atoms with van der Waals surface area (Å²) in [7, 11) is 1.75. The molecule has 0 saturated carbocycles. The summed E-state index contributed by atoms with van der Waals surface area (Å²) in [6, 6.07) is 14.0. The minimum atomic E-state index is 0.728. The zero-order valence-corrected chi connectivity index (χ0v) is 15.2. The average Bonchev–Trinajstić information content (AvgIpc) is 3.27. The van der Waals surface area contributed by atoms with Gasteiger partial charge < -0.3 is 14.5 Å². The fraction of sp³-hybridized carbons (Fsp3) is 0.500. The van der Waals surface area contributed by atoms with E-state index in [-0.39, 0.29) is 0 Å². The normalized spacial score (nSPS) is 18.8. The third-order valence-electron chi connectivity index (χ3n) is 5.43. The highest BCUT2D eigenvalue weighted by Crippen LogP contribution is 2.32. The lowest BCUT2D eigenvalue weighted by Gasteiger charge is -2.38. The number of likely N-dealkylation sites (tertiary alicyclic amines) is 1. The Morgan fingerprint density at radius 1 is 1.08 bits per heavy atom. The standard InChI is InChI=1S/C20H26N2OS/c1-23-20-7-6-18(24-20)11-14-21-12-9-17(10-13-21)22-15-8-16-4-2-3-5-19(16)22/h2-7,17H,8-15H2,1H3. The summed E-state index contributed by atoms with van der Waals surface area (Å²) in [5.74, 6) is 0. The van der Waals surface area contributed by atoms with Crippen LogP contribution in [0.4, 0.5) is 5.69 Å². The molecule has 3 nitrogen and oxygen atoms in total. The molecule has 1 saturated heterocycles. The van der Waals surface area contributed by atoms with Crippen LogP contribution in [0.2, 0.25) is 0 Å². The molecule has 4 heteroatoms. The van der Waals surface area contributed by atoms with Gasteiger partial charge >= 0.3 is 0 Å². The maximum Gasteiger partial charge on any atom is 0.173 e. The predicted octanol–water partition coefficient (Wildman–Crippen LogP) is 3.83. The Morgan fingerprint density at radius 3 is 2.71 bits per heavy atom. The van der Waals surface area contributed by atoms with Gasteiger partial charge in [0.15, 0.2) is 5.06 Å². The number of benzene rings is 1. The minimum absolute atomic E-state index is 0.728. The van der Waals surface area contributed by atoms with E-state index in [1.54, 1.807) is 18.4 Å². The molecule has 1 fully saturated rings. The molecule has 2 aromatic rings. The van der Waals surface area contributed by atoms with Gasteiger partial charge in [0.05, 0.1) is 7.11 Å². The van der Waals surface area contributed by atoms with Crippen molar-refractivity contribution in [2.75, 3.05) is 38.2 Å². The van der Waals surface area contributed by atoms with E-state index in [4.69, 9.17) is 4.74 Å². The first-order valence-corrected chi connectivity index (χ1v) is 9.85. The van der Waals surface area contributed by atoms with E-state index in [1.165, 1.54) is 61.6 Å². The van der Waals surface area contributed by atoms with E-state index in [2.05, 4.69) is 46.2 Å². The number of fused-ring (bicyclic) bond motifs is 1. The van der Waals surface area contributed by atoms with Crippen molar-refractivity contribution in [2.45, 2.75) is 31.7 Å². The highest BCUT2D eigenvalue weighted by molar-refractivity contribution is 7.13. The van der Waals surface area contributed by atoms with Gasteiger partial charge in [-0.05, 0) is 49.4 Å². The Balaban J connectivity index is 1.28. The monoisotopic (exact) mass is 342 g/mol. The molecule has 0 N–H and O–H groups in total. The van der Waals surface area contributed by atoms with E-state index in [9.17, 15) is 0 Å². The fourth-order valence-electron chi connectivity index (χ4n) is 4.07. The molecule has 3 heterocycles. The molecule has 2 aliphatic rings. The molecule has 0 spiro atoms. The number of hydrogen-bond acceptors (Lipinski definition) is 4. The van der Waals surface area contributed by atoms with E-state index >= 15 is 0 Å². The molecule has 0 unspecified atom stereocenters. The lowest BCUT2D eigenvalue weighted by molar-refractivity contribution is 0.212. The maximum absolute atomic E-state index is 5.29. The van der Waals surface area contributed by atoms with Crippen LogP contribution in [0.25, 0.3) is 0 Å². The van der Waals surface area contributed by atoms with Gasteiger partial charge in [-0.1, -0.05) is 18.2 Å². The first-order valence-electron chi connectivity index (χ1n) is 9.03. The van der Waals surface area contributed by atoms with E-state index in [0.29, 0.717) is 0 Å². The number of thiophene rings is 1. The number of rotatable bonds is 5. The Hall–Kier alpha value is -1.52. The minimum Gasteiger partial charge on any atom is -0.487 e. The highest BCUT2D eigenvalue weighted by atomic mass is 32.1. The van der Waals surface area contributed by atoms with Gasteiger partial charge in [-0.3, -0.25) is 0 Å². The Morgan fingerprint density at radius 2 is 1.92 bits per heavy atom. The van der Waals surface area contributed by atoms with Crippen LogP contribution in [0.15, 0.2) is 36.4 Å². The van der Waals surface area contributed by atoms with Gasteiger partial charge in [0, 0.05) is 42.8 Å². The summed E-state index contributed by atoms with van der Waals surface area (Å²) in [5, 5.41) is 1.02. The molecule has 0 radical (unpaired) electrons. The van der Waals surface area contributed by atoms with Crippen molar-refractivity contribution in [3.05, 3.63) is 46.8 Å². The summed E-state index contributed by atoms with van der Waals surface area (Å²) in [4.78, 5) is 6.73. The smallest absolute Gasteiger partial charge is 0.173 e. The van der Waals surface area contributed by atoms with Crippen LogP contribution in [0.1, 0.15) is 23.3 Å². The van der Waals surface area contributed by atoms with Crippen molar-refractivity contribution >= 4 is 17.0 Å². The van der Waals surface area contributed by atoms with Crippen LogP contribution >= 0.6 is 11.3 Å². The quantitative estimate of drug-likeness (QED) is 0.821. The maximum atomic E-state index is 5.29. The van der Waals surface area contributed by atoms with Crippen molar-refractivity contribution in [1.29, 1.82) is 0 Å². The van der Waals surface area contributed by atoms with Crippen LogP contribution in [-0.4, -0.2) is 44.2 Å². The van der Waals surface area contributed by atoms with Crippen LogP contribution in [0.5, 0.6) is 5.06 Å². The van der Waals surface area contributed by atoms with Gasteiger partial charge in [-0.15, -0.1) is 11.3 Å². The number of anilines is 1. The third kappa shape index (κ3) is 3.31. The highest BCUT2D eigenvalue weighted by Gasteiger charge is 2.28. The van der Waals surface area contributed by atoms with E-state index in [0.717, 1.165) is 17.5 Å². The Labute approximate surface area is 148 Å². The summed E-state index contributed by atoms with van der Waals surface area (Å²) >= 11 is 1.78. The molecular formula is C20H26N2OS. The van der Waals surface area contributed by atoms with E-state index in [1.807, 2.05) is 0 Å². The second-order valence-electron chi connectivity index (χ2n) is 6.82. The van der Waals surface area contributed by atoms with Gasteiger partial charge in [-0.2, -0.15) is 0 Å². The number of methoxy groups -OCH3 is 1. The van der Waals surface area contributed by atoms with Crippen molar-refractivity contribution in [3.8, 4) is 5.06 Å². The van der Waals surface area contributed by atoms with E-state index < -0.39 is 0 Å². The predicted molar refractivity (Wildman–Crippen MR) is 102 cm³/mol. The van der Waals surface area contributed by atoms with Crippen LogP contribution < -0.4 is 9.64 Å². The molecule has 0 aliphatic carbocycles. The summed E-state index contributed by atoms with van der Waals surface area (Å²) in [6.07, 6.45) is 4.95. The van der Waals surface area contributed by atoms with Gasteiger partial charge in [0.2, 0.25) is 0 Å². The average molecular weight is 343 g/mol. The summed E-state index contributed by atoms with van der Waals surface area (Å²) in [6.45, 7) is 4.84. The Kier molecular flexibility index (Phi) is 4.76. The molecule has 1 aromatic heterocycles. The summed E-state index contributed by atoms with van der Waals surface area (Å²) < 4.78 is 5.29. The fourth-order valence-corrected chi connectivity index (χ4v) is 4.88. The SMILES string of the molecule is COc1ccc(CCN2CCC(N3CCc4ccccc43)CC2)s1. The van der Waals surface area contributed by atoms with Gasteiger partial charge in [0.1, 0.15) is 0 Å². The first-order chi connectivity index (χ1) is 11.8. The topological polar surface area (TPSA) is 15.7 Å². The molecular weight excluding hydrogens is 316 g/mol. The van der Waals surface area contributed by atoms with Crippen molar-refractivity contribution in [1.82, 2.24) is 4.90 Å². The third-order valence-corrected chi connectivity index (χ3v) is 6.54. The molecule has 0 bridgehead atoms. The second-order valence-corrected chi connectivity index (χ2v) is 7.95. The van der Waals surface area contributed by atoms with Crippen LogP contribution in [-0.2, 0) is 12.8 Å². The van der Waals surface area contributed by atoms with Gasteiger partial charge in [-0.25, -0.2) is 0 Å². The van der Waals surface area contributed by atoms with Crippen molar-refractivity contribution in [2.24, 2.45) is 0 Å². The lowest BCUT2D eigenvalue weighted by atomic mass is 10.0. The second kappa shape index (κ2) is 7.16.